The largest absolute Gasteiger partial charge is 0.436 e. The molecule has 0 bridgehead atoms. The summed E-state index contributed by atoms with van der Waals surface area (Å²) in [6.45, 7) is 3.59. The molecule has 166 valence electrons. The number of carbonyl (C=O) groups is 1. The van der Waals surface area contributed by atoms with Gasteiger partial charge in [-0.3, -0.25) is 4.79 Å². The maximum Gasteiger partial charge on any atom is 0.263 e. The molecule has 2 heterocycles. The Labute approximate surface area is 189 Å². The second kappa shape index (κ2) is 10.8. The van der Waals surface area contributed by atoms with Crippen molar-refractivity contribution in [3.63, 3.8) is 0 Å². The Morgan fingerprint density at radius 1 is 1.03 bits per heavy atom. The maximum absolute atomic E-state index is 12.8. The maximum atomic E-state index is 12.8. The van der Waals surface area contributed by atoms with Crippen molar-refractivity contribution < 1.29 is 9.53 Å². The van der Waals surface area contributed by atoms with Gasteiger partial charge >= 0.3 is 0 Å². The molecule has 1 aliphatic rings. The first-order chi connectivity index (χ1) is 15.7. The van der Waals surface area contributed by atoms with E-state index in [0.717, 1.165) is 50.3 Å². The molecule has 1 saturated heterocycles. The predicted molar refractivity (Wildman–Crippen MR) is 126 cm³/mol. The molecule has 1 fully saturated rings. The van der Waals surface area contributed by atoms with E-state index in [9.17, 15) is 4.79 Å². The van der Waals surface area contributed by atoms with Crippen LogP contribution in [0.25, 0.3) is 0 Å². The lowest BCUT2D eigenvalue weighted by Crippen LogP contribution is -2.43. The third-order valence-electron chi connectivity index (χ3n) is 5.87. The van der Waals surface area contributed by atoms with Crippen molar-refractivity contribution in [2.45, 2.75) is 38.6 Å². The van der Waals surface area contributed by atoms with Gasteiger partial charge in [-0.25, -0.2) is 9.97 Å². The summed E-state index contributed by atoms with van der Waals surface area (Å²) in [6.07, 6.45) is 6.81. The molecule has 0 unspecified atom stereocenters. The van der Waals surface area contributed by atoms with Gasteiger partial charge in [-0.05, 0) is 50.3 Å². The normalized spacial score (nSPS) is 15.2. The fourth-order valence-electron chi connectivity index (χ4n) is 4.02. The Hall–Kier alpha value is -3.41. The molecule has 0 saturated carbocycles. The molecule has 6 nitrogen and oxygen atoms in total. The summed E-state index contributed by atoms with van der Waals surface area (Å²) in [5.41, 5.74) is 1.31. The fourth-order valence-corrected chi connectivity index (χ4v) is 4.02. The molecular formula is C26H30N4O2. The number of carbonyl (C=O) groups excluding carboxylic acids is 1. The summed E-state index contributed by atoms with van der Waals surface area (Å²) in [4.78, 5) is 23.8. The number of amides is 1. The Morgan fingerprint density at radius 3 is 2.41 bits per heavy atom. The van der Waals surface area contributed by atoms with Crippen LogP contribution in [0.3, 0.4) is 0 Å². The van der Waals surface area contributed by atoms with E-state index in [1.54, 1.807) is 12.4 Å². The molecule has 2 aromatic carbocycles. The van der Waals surface area contributed by atoms with Crippen molar-refractivity contribution in [3.8, 4) is 11.6 Å². The van der Waals surface area contributed by atoms with Gasteiger partial charge in [0, 0.05) is 37.4 Å². The van der Waals surface area contributed by atoms with E-state index in [0.29, 0.717) is 5.88 Å². The van der Waals surface area contributed by atoms with Crippen LogP contribution in [0.15, 0.2) is 73.1 Å². The highest BCUT2D eigenvalue weighted by molar-refractivity contribution is 5.79. The van der Waals surface area contributed by atoms with Crippen molar-refractivity contribution in [2.24, 2.45) is 5.92 Å². The number of ether oxygens (including phenoxy) is 1. The lowest BCUT2D eigenvalue weighted by molar-refractivity contribution is -0.126. The zero-order valence-corrected chi connectivity index (χ0v) is 18.5. The van der Waals surface area contributed by atoms with Crippen molar-refractivity contribution in [2.75, 3.05) is 18.0 Å². The number of rotatable bonds is 8. The van der Waals surface area contributed by atoms with E-state index < -0.39 is 0 Å². The van der Waals surface area contributed by atoms with Gasteiger partial charge in [-0.2, -0.15) is 0 Å². The Kier molecular flexibility index (Phi) is 7.33. The first-order valence-electron chi connectivity index (χ1n) is 11.3. The second-order valence-corrected chi connectivity index (χ2v) is 8.30. The van der Waals surface area contributed by atoms with Crippen LogP contribution >= 0.6 is 0 Å². The predicted octanol–water partition coefficient (Wildman–Crippen LogP) is 4.62. The highest BCUT2D eigenvalue weighted by atomic mass is 16.5. The van der Waals surface area contributed by atoms with Crippen LogP contribution < -0.4 is 15.0 Å². The van der Waals surface area contributed by atoms with Crippen LogP contribution in [0, 0.1) is 5.92 Å². The molecule has 0 aliphatic carbocycles. The number of anilines is 1. The van der Waals surface area contributed by atoms with Crippen LogP contribution in [0.5, 0.6) is 11.6 Å². The number of para-hydroxylation sites is 1. The van der Waals surface area contributed by atoms with E-state index in [1.807, 2.05) is 36.4 Å². The Morgan fingerprint density at radius 2 is 1.69 bits per heavy atom. The number of nitrogens with zero attached hydrogens (tertiary/aromatic N) is 3. The number of benzene rings is 2. The first kappa shape index (κ1) is 21.8. The van der Waals surface area contributed by atoms with Crippen molar-refractivity contribution >= 4 is 11.7 Å². The van der Waals surface area contributed by atoms with Gasteiger partial charge in [0.2, 0.25) is 5.91 Å². The summed E-state index contributed by atoms with van der Waals surface area (Å²) in [6, 6.07) is 20.2. The van der Waals surface area contributed by atoms with Crippen LogP contribution in [0.4, 0.5) is 5.82 Å². The molecule has 0 radical (unpaired) electrons. The van der Waals surface area contributed by atoms with Gasteiger partial charge in [-0.1, -0.05) is 48.5 Å². The zero-order chi connectivity index (χ0) is 22.2. The average molecular weight is 431 g/mol. The van der Waals surface area contributed by atoms with E-state index >= 15 is 0 Å². The minimum absolute atomic E-state index is 0.0283. The van der Waals surface area contributed by atoms with Gasteiger partial charge in [0.05, 0.1) is 0 Å². The number of hydrogen-bond donors (Lipinski definition) is 1. The zero-order valence-electron chi connectivity index (χ0n) is 18.5. The third-order valence-corrected chi connectivity index (χ3v) is 5.87. The van der Waals surface area contributed by atoms with E-state index in [4.69, 9.17) is 4.74 Å². The molecule has 6 heteroatoms. The number of nitrogens with one attached hydrogen (secondary N) is 1. The minimum atomic E-state index is 0.0283. The first-order valence-corrected chi connectivity index (χ1v) is 11.3. The van der Waals surface area contributed by atoms with Crippen LogP contribution in [-0.4, -0.2) is 35.0 Å². The van der Waals surface area contributed by atoms with Gasteiger partial charge in [0.1, 0.15) is 5.75 Å². The molecule has 4 rings (SSSR count). The number of piperidine rings is 1. The van der Waals surface area contributed by atoms with Gasteiger partial charge in [-0.15, -0.1) is 0 Å². The van der Waals surface area contributed by atoms with E-state index in [-0.39, 0.29) is 17.9 Å². The number of aryl methyl sites for hydroxylation is 1. The molecule has 0 spiro atoms. The van der Waals surface area contributed by atoms with Crippen LogP contribution in [-0.2, 0) is 11.2 Å². The molecule has 3 aromatic rings. The second-order valence-electron chi connectivity index (χ2n) is 8.30. The lowest BCUT2D eigenvalue weighted by Gasteiger charge is -2.33. The molecule has 1 aromatic heterocycles. The number of hydrogen-bond acceptors (Lipinski definition) is 5. The van der Waals surface area contributed by atoms with Crippen molar-refractivity contribution in [1.82, 2.24) is 15.3 Å². The summed E-state index contributed by atoms with van der Waals surface area (Å²) in [7, 11) is 0. The average Bonchev–Trinajstić information content (AvgIpc) is 2.84. The Bertz CT molecular complexity index is 989. The molecule has 1 atom stereocenters. The van der Waals surface area contributed by atoms with Gasteiger partial charge in [0.15, 0.2) is 5.82 Å². The topological polar surface area (TPSA) is 67.4 Å². The van der Waals surface area contributed by atoms with E-state index in [1.165, 1.54) is 5.56 Å². The van der Waals surface area contributed by atoms with E-state index in [2.05, 4.69) is 51.4 Å². The highest BCUT2D eigenvalue weighted by Gasteiger charge is 2.28. The van der Waals surface area contributed by atoms with Gasteiger partial charge < -0.3 is 15.0 Å². The van der Waals surface area contributed by atoms with Crippen molar-refractivity contribution in [1.29, 1.82) is 0 Å². The molecule has 1 aliphatic heterocycles. The fraction of sp³-hybridized carbons (Fsp3) is 0.346. The summed E-state index contributed by atoms with van der Waals surface area (Å²) >= 11 is 0. The molecule has 1 amide bonds. The third kappa shape index (κ3) is 5.84. The highest BCUT2D eigenvalue weighted by Crippen LogP contribution is 2.30. The molecular weight excluding hydrogens is 400 g/mol. The van der Waals surface area contributed by atoms with Gasteiger partial charge in [0.25, 0.3) is 5.88 Å². The SMILES string of the molecule is C[C@H](CCc1ccccc1)NC(=O)C1CCN(c2nccnc2Oc2ccccc2)CC1. The Balaban J connectivity index is 1.28. The monoisotopic (exact) mass is 430 g/mol. The summed E-state index contributed by atoms with van der Waals surface area (Å²) < 4.78 is 5.96. The van der Waals surface area contributed by atoms with Crippen LogP contribution in [0.1, 0.15) is 31.7 Å². The molecule has 32 heavy (non-hydrogen) atoms. The standard InChI is InChI=1S/C26H30N4O2/c1-20(12-13-21-8-4-2-5-9-21)29-25(31)22-14-18-30(19-15-22)24-26(28-17-16-27-24)32-23-10-6-3-7-11-23/h2-11,16-17,20,22H,12-15,18-19H2,1H3,(H,29,31)/t20-/m1/s1. The smallest absolute Gasteiger partial charge is 0.263 e. The van der Waals surface area contributed by atoms with Crippen LogP contribution in [0.2, 0.25) is 0 Å². The van der Waals surface area contributed by atoms with Crippen molar-refractivity contribution in [3.05, 3.63) is 78.6 Å². The minimum Gasteiger partial charge on any atom is -0.436 e. The lowest BCUT2D eigenvalue weighted by atomic mass is 9.95. The quantitative estimate of drug-likeness (QED) is 0.565. The molecule has 1 N–H and O–H groups in total. The summed E-state index contributed by atoms with van der Waals surface area (Å²) in [5, 5.41) is 3.21. The number of aromatic nitrogens is 2. The summed E-state index contributed by atoms with van der Waals surface area (Å²) in [5.74, 6) is 2.14.